The topological polar surface area (TPSA) is 135 Å². The SMILES string of the molecule is CC1(C)OB(c2cnc(N)c(Cl)c2)OC1(C)C.Nc1ncc(Br)cc1Cl.Nc1ncccc1Cl. The molecular weight excluding hydrogens is 565 g/mol. The summed E-state index contributed by atoms with van der Waals surface area (Å²) < 4.78 is 12.6. The van der Waals surface area contributed by atoms with Crippen LogP contribution in [0.5, 0.6) is 0 Å². The quantitative estimate of drug-likeness (QED) is 0.337. The minimum Gasteiger partial charge on any atom is -0.399 e. The largest absolute Gasteiger partial charge is 0.496 e. The molecule has 0 spiro atoms. The zero-order valence-electron chi connectivity index (χ0n) is 19.0. The van der Waals surface area contributed by atoms with Gasteiger partial charge in [-0.2, -0.15) is 0 Å². The summed E-state index contributed by atoms with van der Waals surface area (Å²) in [6, 6.07) is 6.86. The van der Waals surface area contributed by atoms with Crippen LogP contribution in [-0.2, 0) is 9.31 Å². The van der Waals surface area contributed by atoms with Crippen LogP contribution in [0.2, 0.25) is 15.1 Å². The Morgan fingerprint density at radius 1 is 0.794 bits per heavy atom. The van der Waals surface area contributed by atoms with Crippen molar-refractivity contribution < 1.29 is 9.31 Å². The molecule has 0 bridgehead atoms. The highest BCUT2D eigenvalue weighted by Crippen LogP contribution is 2.36. The van der Waals surface area contributed by atoms with Gasteiger partial charge in [0.1, 0.15) is 17.5 Å². The van der Waals surface area contributed by atoms with E-state index >= 15 is 0 Å². The summed E-state index contributed by atoms with van der Waals surface area (Å²) in [5.41, 5.74) is 16.2. The molecule has 182 valence electrons. The number of aromatic nitrogens is 3. The molecule has 0 saturated carbocycles. The second-order valence-corrected chi connectivity index (χ2v) is 10.3. The predicted molar refractivity (Wildman–Crippen MR) is 144 cm³/mol. The third-order valence-electron chi connectivity index (χ3n) is 5.04. The number of hydrogen-bond donors (Lipinski definition) is 3. The van der Waals surface area contributed by atoms with E-state index in [9.17, 15) is 0 Å². The average molecular weight is 591 g/mol. The predicted octanol–water partition coefficient (Wildman–Crippen LogP) is 5.01. The third kappa shape index (κ3) is 7.59. The van der Waals surface area contributed by atoms with Gasteiger partial charge >= 0.3 is 7.12 Å². The van der Waals surface area contributed by atoms with Gasteiger partial charge in [0.2, 0.25) is 0 Å². The highest BCUT2D eigenvalue weighted by Gasteiger charge is 2.51. The van der Waals surface area contributed by atoms with Crippen molar-refractivity contribution in [2.75, 3.05) is 17.2 Å². The Balaban J connectivity index is 0.000000201. The molecule has 1 saturated heterocycles. The van der Waals surface area contributed by atoms with Gasteiger partial charge in [-0.25, -0.2) is 15.0 Å². The van der Waals surface area contributed by atoms with E-state index in [1.165, 1.54) is 0 Å². The van der Waals surface area contributed by atoms with E-state index in [-0.39, 0.29) is 11.2 Å². The van der Waals surface area contributed by atoms with Gasteiger partial charge in [0.25, 0.3) is 0 Å². The lowest BCUT2D eigenvalue weighted by atomic mass is 9.80. The Morgan fingerprint density at radius 2 is 1.29 bits per heavy atom. The Hall–Kier alpha value is -1.82. The van der Waals surface area contributed by atoms with E-state index < -0.39 is 7.12 Å². The normalized spacial score (nSPS) is 15.6. The summed E-state index contributed by atoms with van der Waals surface area (Å²) >= 11 is 20.2. The van der Waals surface area contributed by atoms with Gasteiger partial charge in [0.05, 0.1) is 26.3 Å². The summed E-state index contributed by atoms with van der Waals surface area (Å²) in [5.74, 6) is 1.06. The molecule has 4 heterocycles. The molecule has 0 aromatic carbocycles. The Bertz CT molecular complexity index is 1100. The minimum absolute atomic E-state index is 0.312. The van der Waals surface area contributed by atoms with Crippen molar-refractivity contribution in [3.63, 3.8) is 0 Å². The molecule has 34 heavy (non-hydrogen) atoms. The fraction of sp³-hybridized carbons (Fsp3) is 0.286. The summed E-state index contributed by atoms with van der Waals surface area (Å²) in [7, 11) is -0.453. The monoisotopic (exact) mass is 588 g/mol. The van der Waals surface area contributed by atoms with Gasteiger partial charge in [-0.05, 0) is 67.9 Å². The van der Waals surface area contributed by atoms with Crippen molar-refractivity contribution in [2.24, 2.45) is 0 Å². The van der Waals surface area contributed by atoms with Crippen molar-refractivity contribution in [3.8, 4) is 0 Å². The molecule has 3 aromatic heterocycles. The van der Waals surface area contributed by atoms with Gasteiger partial charge in [-0.3, -0.25) is 0 Å². The summed E-state index contributed by atoms with van der Waals surface area (Å²) in [6.07, 6.45) is 4.83. The highest BCUT2D eigenvalue weighted by atomic mass is 79.9. The van der Waals surface area contributed by atoms with Crippen LogP contribution in [0.4, 0.5) is 17.5 Å². The molecule has 6 N–H and O–H groups in total. The van der Waals surface area contributed by atoms with Gasteiger partial charge in [0.15, 0.2) is 0 Å². The molecule has 8 nitrogen and oxygen atoms in total. The van der Waals surface area contributed by atoms with Crippen LogP contribution in [-0.4, -0.2) is 33.3 Å². The summed E-state index contributed by atoms with van der Waals surface area (Å²) in [6.45, 7) is 8.00. The van der Waals surface area contributed by atoms with Crippen molar-refractivity contribution >= 4 is 80.8 Å². The van der Waals surface area contributed by atoms with Crippen molar-refractivity contribution in [1.82, 2.24) is 15.0 Å². The molecule has 0 aliphatic carbocycles. The van der Waals surface area contributed by atoms with Gasteiger partial charge in [-0.1, -0.05) is 34.8 Å². The molecule has 13 heteroatoms. The second-order valence-electron chi connectivity index (χ2n) is 8.12. The maximum Gasteiger partial charge on any atom is 0.496 e. The van der Waals surface area contributed by atoms with Crippen molar-refractivity contribution in [3.05, 3.63) is 62.4 Å². The molecule has 1 aliphatic rings. The molecule has 0 atom stereocenters. The standard InChI is InChI=1S/C11H16BClN2O2.C5H4BrClN2.C5H5ClN2/c1-10(2)11(3,4)17-12(16-10)7-5-8(13)9(14)15-6-7;6-3-1-4(7)5(8)9-2-3;6-4-2-1-3-8-5(4)7/h5-6H,1-4H3,(H2,14,15);1-2H,(H2,8,9);1-3H,(H2,7,8). The van der Waals surface area contributed by atoms with Crippen LogP contribution in [0.3, 0.4) is 0 Å². The van der Waals surface area contributed by atoms with Crippen LogP contribution in [0, 0.1) is 0 Å². The number of hydrogen-bond acceptors (Lipinski definition) is 8. The number of rotatable bonds is 1. The fourth-order valence-corrected chi connectivity index (χ4v) is 3.32. The first kappa shape index (κ1) is 28.4. The number of nitrogens with two attached hydrogens (primary N) is 3. The van der Waals surface area contributed by atoms with Crippen LogP contribution in [0.25, 0.3) is 0 Å². The molecule has 3 aromatic rings. The molecule has 0 radical (unpaired) electrons. The first-order valence-electron chi connectivity index (χ1n) is 9.92. The van der Waals surface area contributed by atoms with Gasteiger partial charge < -0.3 is 26.5 Å². The minimum atomic E-state index is -0.453. The maximum atomic E-state index is 5.94. The lowest BCUT2D eigenvalue weighted by molar-refractivity contribution is 0.00578. The number of pyridine rings is 3. The van der Waals surface area contributed by atoms with Crippen LogP contribution >= 0.6 is 50.7 Å². The van der Waals surface area contributed by atoms with E-state index in [1.807, 2.05) is 27.7 Å². The molecular formula is C21H25BBrCl3N6O2. The van der Waals surface area contributed by atoms with E-state index in [1.54, 1.807) is 42.9 Å². The third-order valence-corrected chi connectivity index (χ3v) is 6.40. The van der Waals surface area contributed by atoms with Crippen molar-refractivity contribution in [2.45, 2.75) is 38.9 Å². The molecule has 4 rings (SSSR count). The van der Waals surface area contributed by atoms with E-state index in [0.29, 0.717) is 32.5 Å². The molecule has 0 unspecified atom stereocenters. The smallest absolute Gasteiger partial charge is 0.399 e. The van der Waals surface area contributed by atoms with E-state index in [2.05, 4.69) is 30.9 Å². The lowest BCUT2D eigenvalue weighted by Crippen LogP contribution is -2.41. The first-order valence-corrected chi connectivity index (χ1v) is 11.8. The zero-order valence-corrected chi connectivity index (χ0v) is 22.9. The summed E-state index contributed by atoms with van der Waals surface area (Å²) in [4.78, 5) is 11.5. The Kier molecular flexibility index (Phi) is 9.82. The summed E-state index contributed by atoms with van der Waals surface area (Å²) in [5, 5.41) is 1.40. The van der Waals surface area contributed by atoms with Crippen molar-refractivity contribution in [1.29, 1.82) is 0 Å². The van der Waals surface area contributed by atoms with Crippen LogP contribution in [0.1, 0.15) is 27.7 Å². The maximum absolute atomic E-state index is 5.94. The lowest BCUT2D eigenvalue weighted by Gasteiger charge is -2.32. The fourth-order valence-electron chi connectivity index (χ4n) is 2.39. The van der Waals surface area contributed by atoms with Gasteiger partial charge in [-0.15, -0.1) is 0 Å². The number of nitrogen functional groups attached to an aromatic ring is 3. The average Bonchev–Trinajstić information content (AvgIpc) is 2.97. The van der Waals surface area contributed by atoms with E-state index in [0.717, 1.165) is 9.94 Å². The first-order chi connectivity index (χ1) is 15.7. The number of anilines is 3. The highest BCUT2D eigenvalue weighted by molar-refractivity contribution is 9.10. The molecule has 1 fully saturated rings. The van der Waals surface area contributed by atoms with Crippen LogP contribution in [0.15, 0.2) is 47.3 Å². The van der Waals surface area contributed by atoms with Gasteiger partial charge in [0, 0.05) is 28.5 Å². The van der Waals surface area contributed by atoms with E-state index in [4.69, 9.17) is 61.3 Å². The second kappa shape index (κ2) is 11.7. The zero-order chi connectivity index (χ0) is 25.7. The molecule has 1 aliphatic heterocycles. The Labute approximate surface area is 222 Å². The Morgan fingerprint density at radius 3 is 1.71 bits per heavy atom. The molecule has 0 amide bonds. The number of nitrogens with zero attached hydrogens (tertiary/aromatic N) is 3. The number of halogens is 4. The van der Waals surface area contributed by atoms with Crippen LogP contribution < -0.4 is 22.7 Å².